The summed E-state index contributed by atoms with van der Waals surface area (Å²) in [6.07, 6.45) is 5.48. The molecule has 1 atom stereocenters. The molecule has 4 rings (SSSR count). The Labute approximate surface area is 174 Å². The third-order valence-electron chi connectivity index (χ3n) is 5.61. The van der Waals surface area contributed by atoms with Crippen LogP contribution in [0, 0.1) is 19.7 Å². The molecule has 30 heavy (non-hydrogen) atoms. The fourth-order valence-electron chi connectivity index (χ4n) is 3.95. The van der Waals surface area contributed by atoms with Crippen LogP contribution in [0.5, 0.6) is 0 Å². The Hall–Kier alpha value is -3.28. The number of nitrogens with one attached hydrogen (secondary N) is 1. The van der Waals surface area contributed by atoms with Crippen molar-refractivity contribution in [2.75, 3.05) is 0 Å². The maximum Gasteiger partial charge on any atom is 0.165 e. The quantitative estimate of drug-likeness (QED) is 0.375. The summed E-state index contributed by atoms with van der Waals surface area (Å²) in [4.78, 5) is 20.4. The second-order valence-corrected chi connectivity index (χ2v) is 7.79. The number of aryl methyl sites for hydroxylation is 2. The van der Waals surface area contributed by atoms with E-state index in [4.69, 9.17) is 4.52 Å². The van der Waals surface area contributed by atoms with Gasteiger partial charge in [0.05, 0.1) is 5.69 Å². The van der Waals surface area contributed by atoms with Crippen LogP contribution in [0.4, 0.5) is 4.39 Å². The summed E-state index contributed by atoms with van der Waals surface area (Å²) in [5.41, 5.74) is 4.87. The molecule has 1 N–H and O–H groups in total. The van der Waals surface area contributed by atoms with E-state index in [0.29, 0.717) is 17.6 Å². The van der Waals surface area contributed by atoms with Gasteiger partial charge in [-0.15, -0.1) is 0 Å². The minimum absolute atomic E-state index is 0.0744. The van der Waals surface area contributed by atoms with Crippen molar-refractivity contribution in [3.8, 4) is 11.1 Å². The lowest BCUT2D eigenvalue weighted by atomic mass is 9.94. The fraction of sp³-hybridized carbons (Fsp3) is 0.292. The van der Waals surface area contributed by atoms with E-state index in [1.54, 1.807) is 24.5 Å². The molecule has 5 nitrogen and oxygen atoms in total. The number of fused-ring (bicyclic) bond motifs is 1. The average Bonchev–Trinajstić information content (AvgIpc) is 3.30. The van der Waals surface area contributed by atoms with Gasteiger partial charge < -0.3 is 9.51 Å². The summed E-state index contributed by atoms with van der Waals surface area (Å²) in [6.45, 7) is 5.81. The second kappa shape index (κ2) is 8.22. The molecule has 0 fully saturated rings. The van der Waals surface area contributed by atoms with Gasteiger partial charge in [-0.3, -0.25) is 4.79 Å². The third-order valence-corrected chi connectivity index (χ3v) is 5.61. The maximum atomic E-state index is 13.4. The maximum absolute atomic E-state index is 13.4. The summed E-state index contributed by atoms with van der Waals surface area (Å²) in [6, 6.07) is 8.63. The Balaban J connectivity index is 1.49. The number of carbonyl (C=O) groups is 1. The zero-order chi connectivity index (χ0) is 21.3. The molecule has 3 heterocycles. The second-order valence-electron chi connectivity index (χ2n) is 7.79. The van der Waals surface area contributed by atoms with Crippen molar-refractivity contribution in [3.63, 3.8) is 0 Å². The van der Waals surface area contributed by atoms with Gasteiger partial charge in [0.2, 0.25) is 0 Å². The summed E-state index contributed by atoms with van der Waals surface area (Å²) < 4.78 is 18.7. The zero-order valence-electron chi connectivity index (χ0n) is 17.3. The fourth-order valence-corrected chi connectivity index (χ4v) is 3.95. The van der Waals surface area contributed by atoms with E-state index in [2.05, 4.69) is 22.0 Å². The van der Waals surface area contributed by atoms with Gasteiger partial charge >= 0.3 is 0 Å². The van der Waals surface area contributed by atoms with Crippen LogP contribution in [0.2, 0.25) is 0 Å². The lowest BCUT2D eigenvalue weighted by molar-refractivity contribution is 0.0980. The van der Waals surface area contributed by atoms with E-state index in [-0.39, 0.29) is 17.5 Å². The third kappa shape index (κ3) is 3.90. The number of Topliss-reactive ketones (excluding diaryl/α,β-unsaturated/α-hetero) is 1. The first-order valence-electron chi connectivity index (χ1n) is 10.1. The molecule has 0 radical (unpaired) electrons. The van der Waals surface area contributed by atoms with E-state index in [1.165, 1.54) is 6.07 Å². The minimum atomic E-state index is -0.226. The van der Waals surface area contributed by atoms with Gasteiger partial charge in [-0.25, -0.2) is 9.37 Å². The van der Waals surface area contributed by atoms with Gasteiger partial charge in [0.25, 0.3) is 0 Å². The van der Waals surface area contributed by atoms with Gasteiger partial charge in [-0.05, 0) is 56.4 Å². The van der Waals surface area contributed by atoms with E-state index in [1.807, 2.05) is 26.0 Å². The van der Waals surface area contributed by atoms with Gasteiger partial charge in [0.15, 0.2) is 5.78 Å². The van der Waals surface area contributed by atoms with Crippen molar-refractivity contribution < 1.29 is 13.7 Å². The number of hydrogen-bond acceptors (Lipinski definition) is 4. The number of pyridine rings is 1. The molecule has 0 bridgehead atoms. The first-order chi connectivity index (χ1) is 14.4. The predicted molar refractivity (Wildman–Crippen MR) is 114 cm³/mol. The van der Waals surface area contributed by atoms with Gasteiger partial charge in [-0.2, -0.15) is 0 Å². The summed E-state index contributed by atoms with van der Waals surface area (Å²) in [5.74, 6) is 0.772. The van der Waals surface area contributed by atoms with Crippen molar-refractivity contribution in [1.82, 2.24) is 15.1 Å². The molecule has 154 valence electrons. The number of benzene rings is 1. The molecule has 1 aromatic carbocycles. The monoisotopic (exact) mass is 405 g/mol. The molecule has 0 aliphatic carbocycles. The highest BCUT2D eigenvalue weighted by Gasteiger charge is 2.17. The van der Waals surface area contributed by atoms with Crippen LogP contribution >= 0.6 is 0 Å². The Kier molecular flexibility index (Phi) is 5.48. The standard InChI is InChI=1S/C24H24FN3O2/c1-14(17-7-5-8-19(25)10-17)6-4-9-22(29)21-13-27-24-20(21)11-18(12-26-24)23-15(2)28-30-16(23)3/h5,7-8,10-14H,4,6,9H2,1-3H3,(H,26,27)/t14-/m1/s1. The van der Waals surface area contributed by atoms with Crippen LogP contribution in [0.3, 0.4) is 0 Å². The van der Waals surface area contributed by atoms with E-state index in [0.717, 1.165) is 46.4 Å². The number of aromatic nitrogens is 3. The van der Waals surface area contributed by atoms with E-state index >= 15 is 0 Å². The Morgan fingerprint density at radius 3 is 2.83 bits per heavy atom. The molecule has 0 amide bonds. The van der Waals surface area contributed by atoms with E-state index < -0.39 is 0 Å². The molecule has 0 unspecified atom stereocenters. The predicted octanol–water partition coefficient (Wildman–Crippen LogP) is 6.13. The molecule has 4 aromatic rings. The van der Waals surface area contributed by atoms with Crippen LogP contribution in [0.15, 0.2) is 47.2 Å². The zero-order valence-corrected chi connectivity index (χ0v) is 17.3. The lowest BCUT2D eigenvalue weighted by Gasteiger charge is -2.11. The molecule has 0 aliphatic heterocycles. The van der Waals surface area contributed by atoms with Crippen LogP contribution in [0.1, 0.15) is 59.5 Å². The smallest absolute Gasteiger partial charge is 0.165 e. The van der Waals surface area contributed by atoms with Gasteiger partial charge in [-0.1, -0.05) is 24.2 Å². The minimum Gasteiger partial charge on any atom is -0.361 e. The summed E-state index contributed by atoms with van der Waals surface area (Å²) in [5, 5.41) is 4.81. The molecule has 3 aromatic heterocycles. The van der Waals surface area contributed by atoms with Crippen LogP contribution in [-0.2, 0) is 0 Å². The number of nitrogens with zero attached hydrogens (tertiary/aromatic N) is 2. The van der Waals surface area contributed by atoms with E-state index in [9.17, 15) is 9.18 Å². The Morgan fingerprint density at radius 2 is 2.10 bits per heavy atom. The van der Waals surface area contributed by atoms with Gasteiger partial charge in [0.1, 0.15) is 17.2 Å². The normalized spacial score (nSPS) is 12.4. The van der Waals surface area contributed by atoms with Crippen molar-refractivity contribution in [3.05, 3.63) is 71.1 Å². The molecule has 0 saturated carbocycles. The first-order valence-corrected chi connectivity index (χ1v) is 10.1. The highest BCUT2D eigenvalue weighted by atomic mass is 19.1. The topological polar surface area (TPSA) is 71.8 Å². The first kappa shape index (κ1) is 20.0. The molecule has 6 heteroatoms. The van der Waals surface area contributed by atoms with Crippen molar-refractivity contribution in [1.29, 1.82) is 0 Å². The van der Waals surface area contributed by atoms with Gasteiger partial charge in [0, 0.05) is 40.9 Å². The summed E-state index contributed by atoms with van der Waals surface area (Å²) >= 11 is 0. The number of hydrogen-bond donors (Lipinski definition) is 1. The van der Waals surface area contributed by atoms with Crippen LogP contribution in [-0.4, -0.2) is 20.9 Å². The number of rotatable bonds is 7. The summed E-state index contributed by atoms with van der Waals surface area (Å²) in [7, 11) is 0. The molecular weight excluding hydrogens is 381 g/mol. The highest BCUT2D eigenvalue weighted by Crippen LogP contribution is 2.30. The van der Waals surface area contributed by atoms with Crippen molar-refractivity contribution >= 4 is 16.8 Å². The molecular formula is C24H24FN3O2. The largest absolute Gasteiger partial charge is 0.361 e. The van der Waals surface area contributed by atoms with Crippen molar-refractivity contribution in [2.45, 2.75) is 46.0 Å². The number of ketones is 1. The molecule has 0 saturated heterocycles. The lowest BCUT2D eigenvalue weighted by Crippen LogP contribution is -2.01. The number of carbonyl (C=O) groups excluding carboxylic acids is 1. The van der Waals surface area contributed by atoms with Crippen LogP contribution < -0.4 is 0 Å². The Morgan fingerprint density at radius 1 is 1.27 bits per heavy atom. The van der Waals surface area contributed by atoms with Crippen LogP contribution in [0.25, 0.3) is 22.2 Å². The van der Waals surface area contributed by atoms with Crippen molar-refractivity contribution in [2.24, 2.45) is 0 Å². The molecule has 0 spiro atoms. The highest BCUT2D eigenvalue weighted by molar-refractivity contribution is 6.07. The number of aromatic amines is 1. The number of halogens is 1. The molecule has 0 aliphatic rings. The Bertz CT molecular complexity index is 1190. The SMILES string of the molecule is Cc1noc(C)c1-c1cnc2[nH]cc(C(=O)CCC[C@@H](C)c3cccc(F)c3)c2c1. The number of H-pyrrole nitrogens is 1. The average molecular weight is 405 g/mol.